The summed E-state index contributed by atoms with van der Waals surface area (Å²) in [6, 6.07) is 5.04. The molecular weight excluding hydrogens is 318 g/mol. The molecule has 6 nitrogen and oxygen atoms in total. The van der Waals surface area contributed by atoms with Crippen molar-refractivity contribution in [3.05, 3.63) is 36.2 Å². The molecule has 23 heavy (non-hydrogen) atoms. The summed E-state index contributed by atoms with van der Waals surface area (Å²) >= 11 is 0. The van der Waals surface area contributed by atoms with Crippen LogP contribution in [0, 0.1) is 0 Å². The molecule has 0 spiro atoms. The lowest BCUT2D eigenvalue weighted by atomic mass is 10.2. The Hall–Kier alpha value is -2.65. The highest BCUT2D eigenvalue weighted by Gasteiger charge is 2.36. The van der Waals surface area contributed by atoms with Crippen molar-refractivity contribution in [2.24, 2.45) is 0 Å². The number of carbonyl (C=O) groups excluding carboxylic acids is 1. The molecule has 0 aliphatic heterocycles. The van der Waals surface area contributed by atoms with Crippen LogP contribution in [0.25, 0.3) is 5.69 Å². The maximum absolute atomic E-state index is 12.8. The van der Waals surface area contributed by atoms with Gasteiger partial charge in [-0.05, 0) is 30.7 Å². The van der Waals surface area contributed by atoms with Crippen molar-refractivity contribution in [3.63, 3.8) is 0 Å². The van der Waals surface area contributed by atoms with Gasteiger partial charge in [0.1, 0.15) is 0 Å². The van der Waals surface area contributed by atoms with Crippen LogP contribution in [0.1, 0.15) is 12.1 Å². The van der Waals surface area contributed by atoms with Gasteiger partial charge in [-0.2, -0.15) is 13.2 Å². The minimum absolute atomic E-state index is 0.151. The van der Waals surface area contributed by atoms with E-state index in [2.05, 4.69) is 20.9 Å². The molecule has 0 saturated heterocycles. The van der Waals surface area contributed by atoms with E-state index in [1.54, 1.807) is 0 Å². The molecule has 2 aromatic rings. The molecule has 10 heteroatoms. The van der Waals surface area contributed by atoms with Crippen molar-refractivity contribution in [1.82, 2.24) is 20.3 Å². The number of nitrogens with zero attached hydrogens (tertiary/aromatic N) is 3. The molecule has 0 radical (unpaired) electrons. The van der Waals surface area contributed by atoms with E-state index < -0.39 is 24.6 Å². The highest BCUT2D eigenvalue weighted by atomic mass is 19.4. The van der Waals surface area contributed by atoms with Gasteiger partial charge in [-0.3, -0.25) is 4.39 Å². The summed E-state index contributed by atoms with van der Waals surface area (Å²) < 4.78 is 50.9. The number of hydrogen-bond acceptors (Lipinski definition) is 3. The molecule has 0 saturated carbocycles. The molecule has 1 aromatic carbocycles. The number of carbonyl (C=O) groups is 1. The molecule has 1 heterocycles. The second-order valence-electron chi connectivity index (χ2n) is 4.50. The van der Waals surface area contributed by atoms with Gasteiger partial charge >= 0.3 is 12.2 Å². The highest BCUT2D eigenvalue weighted by Crippen LogP contribution is 2.30. The zero-order valence-electron chi connectivity index (χ0n) is 11.8. The second kappa shape index (κ2) is 7.07. The maximum atomic E-state index is 12.8. The molecule has 2 amide bonds. The van der Waals surface area contributed by atoms with E-state index in [9.17, 15) is 22.4 Å². The van der Waals surface area contributed by atoms with Crippen LogP contribution in [0.3, 0.4) is 0 Å². The largest absolute Gasteiger partial charge is 0.435 e. The van der Waals surface area contributed by atoms with E-state index in [1.807, 2.05) is 0 Å². The van der Waals surface area contributed by atoms with Crippen LogP contribution in [0.4, 0.5) is 28.0 Å². The molecule has 0 aliphatic carbocycles. The third-order valence-electron chi connectivity index (χ3n) is 2.81. The Morgan fingerprint density at radius 2 is 1.91 bits per heavy atom. The van der Waals surface area contributed by atoms with Crippen LogP contribution in [-0.2, 0) is 6.18 Å². The number of benzene rings is 1. The fourth-order valence-corrected chi connectivity index (χ4v) is 1.75. The monoisotopic (exact) mass is 331 g/mol. The minimum atomic E-state index is -4.57. The number of halogens is 4. The SMILES string of the molecule is O=C(NCCCF)Nc1ccc(-n2nncc2C(F)(F)F)cc1. The number of hydrogen-bond donors (Lipinski definition) is 2. The molecule has 0 bridgehead atoms. The Balaban J connectivity index is 2.06. The van der Waals surface area contributed by atoms with E-state index in [4.69, 9.17) is 0 Å². The number of nitrogens with one attached hydrogen (secondary N) is 2. The van der Waals surface area contributed by atoms with E-state index >= 15 is 0 Å². The molecule has 0 aliphatic rings. The minimum Gasteiger partial charge on any atom is -0.338 e. The lowest BCUT2D eigenvalue weighted by molar-refractivity contribution is -0.142. The topological polar surface area (TPSA) is 71.8 Å². The molecule has 0 fully saturated rings. The first-order chi connectivity index (χ1) is 10.9. The van der Waals surface area contributed by atoms with Crippen LogP contribution < -0.4 is 10.6 Å². The van der Waals surface area contributed by atoms with Crippen LogP contribution >= 0.6 is 0 Å². The number of rotatable bonds is 5. The van der Waals surface area contributed by atoms with Crippen molar-refractivity contribution in [2.45, 2.75) is 12.6 Å². The quantitative estimate of drug-likeness (QED) is 0.654. The van der Waals surface area contributed by atoms with Gasteiger partial charge in [0.2, 0.25) is 0 Å². The average molecular weight is 331 g/mol. The zero-order valence-corrected chi connectivity index (χ0v) is 11.8. The molecule has 1 aromatic heterocycles. The Morgan fingerprint density at radius 1 is 1.22 bits per heavy atom. The Kier molecular flexibility index (Phi) is 5.14. The molecular formula is C13H13F4N5O. The number of aromatic nitrogens is 3. The number of amides is 2. The Morgan fingerprint density at radius 3 is 2.52 bits per heavy atom. The predicted octanol–water partition coefficient (Wildman–Crippen LogP) is 2.77. The summed E-state index contributed by atoms with van der Waals surface area (Å²) in [5, 5.41) is 11.6. The summed E-state index contributed by atoms with van der Waals surface area (Å²) in [7, 11) is 0. The van der Waals surface area contributed by atoms with Gasteiger partial charge in [0.25, 0.3) is 0 Å². The summed E-state index contributed by atoms with van der Waals surface area (Å²) in [5.41, 5.74) is -0.472. The standard InChI is InChI=1S/C13H13F4N5O/c14-6-1-7-18-12(23)20-9-2-4-10(5-3-9)22-11(8-19-21-22)13(15,16)17/h2-5,8H,1,6-7H2,(H2,18,20,23). The van der Waals surface area contributed by atoms with E-state index in [0.29, 0.717) is 16.6 Å². The fraction of sp³-hybridized carbons (Fsp3) is 0.308. The summed E-state index contributed by atoms with van der Waals surface area (Å²) in [6.45, 7) is -0.345. The van der Waals surface area contributed by atoms with Gasteiger partial charge in [0.05, 0.1) is 18.6 Å². The number of anilines is 1. The van der Waals surface area contributed by atoms with Crippen molar-refractivity contribution in [2.75, 3.05) is 18.5 Å². The summed E-state index contributed by atoms with van der Waals surface area (Å²) in [5.74, 6) is 0. The molecule has 0 atom stereocenters. The van der Waals surface area contributed by atoms with Crippen molar-refractivity contribution in [1.29, 1.82) is 0 Å². The van der Waals surface area contributed by atoms with Crippen molar-refractivity contribution >= 4 is 11.7 Å². The first-order valence-electron chi connectivity index (χ1n) is 6.61. The van der Waals surface area contributed by atoms with Crippen LogP contribution in [0.2, 0.25) is 0 Å². The molecule has 2 N–H and O–H groups in total. The van der Waals surface area contributed by atoms with Gasteiger partial charge in [-0.25, -0.2) is 9.48 Å². The van der Waals surface area contributed by atoms with Gasteiger partial charge in [0, 0.05) is 12.2 Å². The van der Waals surface area contributed by atoms with Crippen molar-refractivity contribution < 1.29 is 22.4 Å². The maximum Gasteiger partial charge on any atom is 0.435 e. The first kappa shape index (κ1) is 16.7. The summed E-state index contributed by atoms with van der Waals surface area (Å²) in [4.78, 5) is 11.5. The molecule has 124 valence electrons. The number of urea groups is 1. The summed E-state index contributed by atoms with van der Waals surface area (Å²) in [6.07, 6.45) is -3.74. The van der Waals surface area contributed by atoms with E-state index in [0.717, 1.165) is 0 Å². The van der Waals surface area contributed by atoms with Gasteiger partial charge in [-0.1, -0.05) is 5.21 Å². The fourth-order valence-electron chi connectivity index (χ4n) is 1.75. The normalized spacial score (nSPS) is 11.3. The zero-order chi connectivity index (χ0) is 16.9. The lowest BCUT2D eigenvalue weighted by Crippen LogP contribution is -2.29. The van der Waals surface area contributed by atoms with Gasteiger partial charge in [-0.15, -0.1) is 5.10 Å². The Bertz CT molecular complexity index is 653. The molecule has 2 rings (SSSR count). The van der Waals surface area contributed by atoms with Gasteiger partial charge < -0.3 is 10.6 Å². The van der Waals surface area contributed by atoms with Crippen LogP contribution in [0.5, 0.6) is 0 Å². The smallest absolute Gasteiger partial charge is 0.338 e. The first-order valence-corrected chi connectivity index (χ1v) is 6.61. The Labute approximate surface area is 128 Å². The highest BCUT2D eigenvalue weighted by molar-refractivity contribution is 5.89. The molecule has 0 unspecified atom stereocenters. The van der Waals surface area contributed by atoms with E-state index in [1.165, 1.54) is 24.3 Å². The third-order valence-corrected chi connectivity index (χ3v) is 2.81. The second-order valence-corrected chi connectivity index (χ2v) is 4.50. The third kappa shape index (κ3) is 4.41. The van der Waals surface area contributed by atoms with Gasteiger partial charge in [0.15, 0.2) is 5.69 Å². The predicted molar refractivity (Wildman–Crippen MR) is 74.0 cm³/mol. The van der Waals surface area contributed by atoms with Crippen LogP contribution in [-0.4, -0.2) is 34.2 Å². The van der Waals surface area contributed by atoms with E-state index in [-0.39, 0.29) is 18.7 Å². The van der Waals surface area contributed by atoms with Crippen molar-refractivity contribution in [3.8, 4) is 5.69 Å². The lowest BCUT2D eigenvalue weighted by Gasteiger charge is -2.10. The number of alkyl halides is 4. The van der Waals surface area contributed by atoms with Crippen LogP contribution in [0.15, 0.2) is 30.5 Å². The average Bonchev–Trinajstić information content (AvgIpc) is 2.98.